The van der Waals surface area contributed by atoms with Gasteiger partial charge in [0.2, 0.25) is 5.95 Å². The van der Waals surface area contributed by atoms with Crippen molar-refractivity contribution >= 4 is 34.4 Å². The van der Waals surface area contributed by atoms with E-state index in [4.69, 9.17) is 24.3 Å². The number of aromatic nitrogens is 4. The Hall–Kier alpha value is -4.40. The molecular formula is C33H28BFN4O2. The minimum absolute atomic E-state index is 0.228. The van der Waals surface area contributed by atoms with Crippen LogP contribution in [0.25, 0.3) is 50.5 Å². The maximum absolute atomic E-state index is 15.6. The average Bonchev–Trinajstić information content (AvgIpc) is 3.42. The second-order valence-electron chi connectivity index (χ2n) is 11.3. The first-order chi connectivity index (χ1) is 19.7. The first kappa shape index (κ1) is 25.6. The van der Waals surface area contributed by atoms with Gasteiger partial charge in [-0.1, -0.05) is 72.8 Å². The minimum atomic E-state index is -0.647. The zero-order chi connectivity index (χ0) is 28.4. The Morgan fingerprint density at radius 3 is 1.85 bits per heavy atom. The molecule has 1 aliphatic heterocycles. The van der Waals surface area contributed by atoms with E-state index in [2.05, 4.69) is 12.1 Å². The van der Waals surface area contributed by atoms with Crippen LogP contribution in [0.4, 0.5) is 4.39 Å². The van der Waals surface area contributed by atoms with Crippen LogP contribution >= 0.6 is 0 Å². The first-order valence-corrected chi connectivity index (χ1v) is 13.7. The van der Waals surface area contributed by atoms with Crippen molar-refractivity contribution in [3.05, 3.63) is 103 Å². The lowest BCUT2D eigenvalue weighted by molar-refractivity contribution is 0.00578. The Morgan fingerprint density at radius 2 is 1.22 bits per heavy atom. The normalized spacial score (nSPS) is 16.1. The fraction of sp³-hybridized carbons (Fsp3) is 0.182. The molecule has 8 heteroatoms. The molecule has 3 heterocycles. The van der Waals surface area contributed by atoms with Crippen LogP contribution in [-0.4, -0.2) is 37.8 Å². The summed E-state index contributed by atoms with van der Waals surface area (Å²) in [5, 5.41) is 2.17. The molecule has 1 fully saturated rings. The van der Waals surface area contributed by atoms with Gasteiger partial charge in [-0.3, -0.25) is 4.57 Å². The molecule has 41 heavy (non-hydrogen) atoms. The van der Waals surface area contributed by atoms with E-state index < -0.39 is 24.1 Å². The Morgan fingerprint density at radius 1 is 0.659 bits per heavy atom. The summed E-state index contributed by atoms with van der Waals surface area (Å²) in [6.45, 7) is 7.97. The van der Waals surface area contributed by atoms with Crippen molar-refractivity contribution in [3.8, 4) is 28.7 Å². The lowest BCUT2D eigenvalue weighted by Crippen LogP contribution is -2.41. The Kier molecular flexibility index (Phi) is 5.82. The van der Waals surface area contributed by atoms with E-state index in [9.17, 15) is 0 Å². The monoisotopic (exact) mass is 542 g/mol. The van der Waals surface area contributed by atoms with E-state index in [1.54, 1.807) is 12.1 Å². The number of benzene rings is 4. The molecular weight excluding hydrogens is 514 g/mol. The number of hydrogen-bond donors (Lipinski definition) is 0. The van der Waals surface area contributed by atoms with Crippen LogP contribution in [0.2, 0.25) is 0 Å². The van der Waals surface area contributed by atoms with Gasteiger partial charge in [0, 0.05) is 16.3 Å². The third-order valence-electron chi connectivity index (χ3n) is 8.19. The van der Waals surface area contributed by atoms with E-state index in [1.165, 1.54) is 6.07 Å². The summed E-state index contributed by atoms with van der Waals surface area (Å²) in [6.07, 6.45) is 0. The van der Waals surface area contributed by atoms with Gasteiger partial charge in [0.05, 0.1) is 27.8 Å². The minimum Gasteiger partial charge on any atom is -0.399 e. The molecule has 0 N–H and O–H groups in total. The molecule has 6 nitrogen and oxygen atoms in total. The molecule has 0 spiro atoms. The van der Waals surface area contributed by atoms with Gasteiger partial charge in [-0.2, -0.15) is 9.97 Å². The number of para-hydroxylation sites is 2. The van der Waals surface area contributed by atoms with Crippen LogP contribution in [-0.2, 0) is 9.31 Å². The van der Waals surface area contributed by atoms with Gasteiger partial charge in [0.1, 0.15) is 5.82 Å². The summed E-state index contributed by atoms with van der Waals surface area (Å²) in [5.74, 6) is 0.648. The number of rotatable bonds is 4. The maximum atomic E-state index is 15.6. The fourth-order valence-corrected chi connectivity index (χ4v) is 5.28. The molecule has 0 aliphatic carbocycles. The standard InChI is InChI=1S/C33H28BFN4O2/c1-32(2)33(3,4)41-34(40-32)22-18-19-26(35)25(20-22)30-36-29(21-12-6-5-7-13-21)37-31(38-30)39-27-16-10-8-14-23(27)24-15-9-11-17-28(24)39/h5-20H,1-4H3. The molecule has 1 saturated heterocycles. The van der Waals surface area contributed by atoms with Crippen molar-refractivity contribution < 1.29 is 13.7 Å². The van der Waals surface area contributed by atoms with E-state index in [0.29, 0.717) is 17.2 Å². The highest BCUT2D eigenvalue weighted by Gasteiger charge is 2.51. The van der Waals surface area contributed by atoms with Gasteiger partial charge in [-0.25, -0.2) is 9.37 Å². The molecule has 202 valence electrons. The summed E-state index contributed by atoms with van der Waals surface area (Å²) in [6, 6.07) is 30.8. The van der Waals surface area contributed by atoms with Gasteiger partial charge in [-0.05, 0) is 57.4 Å². The topological polar surface area (TPSA) is 62.1 Å². The second kappa shape index (κ2) is 9.33. The van der Waals surface area contributed by atoms with Crippen LogP contribution < -0.4 is 5.46 Å². The zero-order valence-electron chi connectivity index (χ0n) is 23.3. The molecule has 0 radical (unpaired) electrons. The van der Waals surface area contributed by atoms with E-state index >= 15 is 4.39 Å². The molecule has 0 atom stereocenters. The van der Waals surface area contributed by atoms with Gasteiger partial charge < -0.3 is 9.31 Å². The molecule has 0 unspecified atom stereocenters. The molecule has 0 amide bonds. The van der Waals surface area contributed by atoms with Crippen LogP contribution in [0.1, 0.15) is 27.7 Å². The van der Waals surface area contributed by atoms with Crippen LogP contribution in [0, 0.1) is 5.82 Å². The van der Waals surface area contributed by atoms with Crippen molar-refractivity contribution in [3.63, 3.8) is 0 Å². The van der Waals surface area contributed by atoms with Crippen molar-refractivity contribution in [1.82, 2.24) is 19.5 Å². The summed E-state index contributed by atoms with van der Waals surface area (Å²) in [7, 11) is -0.647. The first-order valence-electron chi connectivity index (χ1n) is 13.7. The van der Waals surface area contributed by atoms with Crippen LogP contribution in [0.15, 0.2) is 97.1 Å². The van der Waals surface area contributed by atoms with Crippen molar-refractivity contribution in [2.45, 2.75) is 38.9 Å². The summed E-state index contributed by atoms with van der Waals surface area (Å²) >= 11 is 0. The predicted octanol–water partition coefficient (Wildman–Crippen LogP) is 6.74. The molecule has 4 aromatic carbocycles. The third-order valence-corrected chi connectivity index (χ3v) is 8.19. The lowest BCUT2D eigenvalue weighted by atomic mass is 9.78. The molecule has 6 aromatic rings. The smallest absolute Gasteiger partial charge is 0.399 e. The van der Waals surface area contributed by atoms with Crippen LogP contribution in [0.5, 0.6) is 0 Å². The maximum Gasteiger partial charge on any atom is 0.494 e. The van der Waals surface area contributed by atoms with Gasteiger partial charge in [0.25, 0.3) is 0 Å². The molecule has 0 bridgehead atoms. The van der Waals surface area contributed by atoms with Gasteiger partial charge in [-0.15, -0.1) is 0 Å². The number of halogens is 1. The number of hydrogen-bond acceptors (Lipinski definition) is 5. The summed E-state index contributed by atoms with van der Waals surface area (Å²) < 4.78 is 30.1. The van der Waals surface area contributed by atoms with Gasteiger partial charge in [0.15, 0.2) is 11.6 Å². The average molecular weight is 542 g/mol. The quantitative estimate of drug-likeness (QED) is 0.231. The van der Waals surface area contributed by atoms with Gasteiger partial charge >= 0.3 is 7.12 Å². The van der Waals surface area contributed by atoms with E-state index in [-0.39, 0.29) is 11.4 Å². The van der Waals surface area contributed by atoms with Crippen molar-refractivity contribution in [1.29, 1.82) is 0 Å². The highest BCUT2D eigenvalue weighted by molar-refractivity contribution is 6.62. The van der Waals surface area contributed by atoms with E-state index in [1.807, 2.05) is 99.0 Å². The molecule has 0 saturated carbocycles. The lowest BCUT2D eigenvalue weighted by Gasteiger charge is -2.32. The molecule has 2 aromatic heterocycles. The Bertz CT molecular complexity index is 1870. The number of nitrogens with zero attached hydrogens (tertiary/aromatic N) is 4. The SMILES string of the molecule is CC1(C)OB(c2ccc(F)c(-c3nc(-c4ccccc4)nc(-n4c5ccccc5c5ccccc54)n3)c2)OC1(C)C. The summed E-state index contributed by atoms with van der Waals surface area (Å²) in [5.41, 5.74) is 2.61. The van der Waals surface area contributed by atoms with Crippen LogP contribution in [0.3, 0.4) is 0 Å². The summed E-state index contributed by atoms with van der Waals surface area (Å²) in [4.78, 5) is 14.6. The Labute approximate surface area is 238 Å². The van der Waals surface area contributed by atoms with E-state index in [0.717, 1.165) is 27.4 Å². The zero-order valence-corrected chi connectivity index (χ0v) is 23.3. The molecule has 1 aliphatic rings. The van der Waals surface area contributed by atoms with Crippen molar-refractivity contribution in [2.75, 3.05) is 0 Å². The number of fused-ring (bicyclic) bond motifs is 3. The highest BCUT2D eigenvalue weighted by atomic mass is 19.1. The fourth-order valence-electron chi connectivity index (χ4n) is 5.28. The predicted molar refractivity (Wildman–Crippen MR) is 161 cm³/mol. The van der Waals surface area contributed by atoms with Crippen molar-refractivity contribution in [2.24, 2.45) is 0 Å². The largest absolute Gasteiger partial charge is 0.494 e. The third kappa shape index (κ3) is 4.22. The second-order valence-corrected chi connectivity index (χ2v) is 11.3. The Balaban J connectivity index is 1.45. The molecule has 7 rings (SSSR count). The highest BCUT2D eigenvalue weighted by Crippen LogP contribution is 2.37.